The second-order valence-electron chi connectivity index (χ2n) is 6.26. The van der Waals surface area contributed by atoms with E-state index in [1.165, 1.54) is 6.20 Å². The van der Waals surface area contributed by atoms with Gasteiger partial charge in [0.15, 0.2) is 0 Å². The number of hydrogen-bond donors (Lipinski definition) is 2. The summed E-state index contributed by atoms with van der Waals surface area (Å²) in [6.07, 6.45) is 5.76. The SMILES string of the molecule is O=C(Cc1cnn(-c2ccccc2)c1)N1CCC(O)(c2cn[nH]n2)C1. The molecule has 8 heteroatoms. The number of aromatic nitrogens is 5. The van der Waals surface area contributed by atoms with Crippen LogP contribution in [0.4, 0.5) is 0 Å². The molecule has 0 spiro atoms. The molecule has 1 aromatic carbocycles. The van der Waals surface area contributed by atoms with Gasteiger partial charge in [-0.2, -0.15) is 20.5 Å². The van der Waals surface area contributed by atoms with Crippen molar-refractivity contribution in [1.29, 1.82) is 0 Å². The number of aliphatic hydroxyl groups is 1. The second kappa shape index (κ2) is 6.14. The highest BCUT2D eigenvalue weighted by atomic mass is 16.3. The molecule has 3 heterocycles. The Bertz CT molecular complexity index is 860. The van der Waals surface area contributed by atoms with Gasteiger partial charge in [0.25, 0.3) is 0 Å². The van der Waals surface area contributed by atoms with E-state index in [0.717, 1.165) is 11.3 Å². The van der Waals surface area contributed by atoms with Gasteiger partial charge in [-0.3, -0.25) is 4.79 Å². The lowest BCUT2D eigenvalue weighted by molar-refractivity contribution is -0.130. The third-order valence-corrected chi connectivity index (χ3v) is 4.50. The summed E-state index contributed by atoms with van der Waals surface area (Å²) in [4.78, 5) is 14.2. The van der Waals surface area contributed by atoms with E-state index >= 15 is 0 Å². The number of carbonyl (C=O) groups is 1. The summed E-state index contributed by atoms with van der Waals surface area (Å²) < 4.78 is 1.75. The number of carbonyl (C=O) groups excluding carboxylic acids is 1. The van der Waals surface area contributed by atoms with E-state index in [1.54, 1.807) is 15.8 Å². The van der Waals surface area contributed by atoms with E-state index in [0.29, 0.717) is 18.7 Å². The zero-order valence-electron chi connectivity index (χ0n) is 13.5. The average Bonchev–Trinajstić information content (AvgIpc) is 3.36. The summed E-state index contributed by atoms with van der Waals surface area (Å²) in [5.74, 6) is -0.0352. The molecule has 0 aliphatic carbocycles. The Morgan fingerprint density at radius 3 is 2.88 bits per heavy atom. The van der Waals surface area contributed by atoms with Crippen molar-refractivity contribution < 1.29 is 9.90 Å². The fraction of sp³-hybridized carbons (Fsp3) is 0.294. The third kappa shape index (κ3) is 3.03. The maximum atomic E-state index is 12.6. The number of nitrogens with one attached hydrogen (secondary N) is 1. The third-order valence-electron chi connectivity index (χ3n) is 4.50. The molecule has 3 aromatic rings. The Morgan fingerprint density at radius 1 is 1.28 bits per heavy atom. The molecule has 8 nitrogen and oxygen atoms in total. The van der Waals surface area contributed by atoms with Crippen molar-refractivity contribution >= 4 is 5.91 Å². The van der Waals surface area contributed by atoms with Crippen LogP contribution in [0.5, 0.6) is 0 Å². The molecule has 128 valence electrons. The Balaban J connectivity index is 1.42. The van der Waals surface area contributed by atoms with Crippen LogP contribution in [-0.4, -0.2) is 54.2 Å². The van der Waals surface area contributed by atoms with E-state index in [4.69, 9.17) is 0 Å². The molecule has 1 atom stereocenters. The standard InChI is InChI=1S/C17H18N6O2/c24-16(22-7-6-17(25,12-22)15-10-18-21-20-15)8-13-9-19-23(11-13)14-4-2-1-3-5-14/h1-5,9-11,25H,6-8,12H2,(H,18,20,21). The monoisotopic (exact) mass is 338 g/mol. The first-order valence-electron chi connectivity index (χ1n) is 8.09. The average molecular weight is 338 g/mol. The molecule has 0 saturated carbocycles. The van der Waals surface area contributed by atoms with Crippen LogP contribution in [0.25, 0.3) is 5.69 Å². The van der Waals surface area contributed by atoms with Crippen molar-refractivity contribution in [3.8, 4) is 5.69 Å². The van der Waals surface area contributed by atoms with Crippen molar-refractivity contribution in [2.45, 2.75) is 18.4 Å². The van der Waals surface area contributed by atoms with Gasteiger partial charge in [0, 0.05) is 19.2 Å². The topological polar surface area (TPSA) is 99.9 Å². The number of rotatable bonds is 4. The molecule has 0 bridgehead atoms. The normalized spacial score (nSPS) is 20.1. The highest BCUT2D eigenvalue weighted by Crippen LogP contribution is 2.30. The van der Waals surface area contributed by atoms with Gasteiger partial charge in [-0.05, 0) is 17.7 Å². The fourth-order valence-corrected chi connectivity index (χ4v) is 3.10. The van der Waals surface area contributed by atoms with E-state index in [2.05, 4.69) is 20.5 Å². The number of benzene rings is 1. The first kappa shape index (κ1) is 15.5. The molecule has 2 aromatic heterocycles. The molecule has 25 heavy (non-hydrogen) atoms. The lowest BCUT2D eigenvalue weighted by Gasteiger charge is -2.20. The molecule has 1 unspecified atom stereocenters. The highest BCUT2D eigenvalue weighted by Gasteiger charge is 2.41. The predicted octanol–water partition coefficient (Wildman–Crippen LogP) is 0.653. The van der Waals surface area contributed by atoms with Crippen LogP contribution in [0.2, 0.25) is 0 Å². The quantitative estimate of drug-likeness (QED) is 0.728. The molecule has 1 amide bonds. The maximum absolute atomic E-state index is 12.6. The molecule has 0 radical (unpaired) electrons. The molecule has 1 aliphatic heterocycles. The Kier molecular flexibility index (Phi) is 3.81. The minimum absolute atomic E-state index is 0.0352. The van der Waals surface area contributed by atoms with Gasteiger partial charge in [0.1, 0.15) is 11.3 Å². The number of hydrogen-bond acceptors (Lipinski definition) is 5. The van der Waals surface area contributed by atoms with Gasteiger partial charge in [-0.25, -0.2) is 4.68 Å². The minimum Gasteiger partial charge on any atom is -0.381 e. The van der Waals surface area contributed by atoms with Crippen molar-refractivity contribution in [2.24, 2.45) is 0 Å². The molecule has 4 rings (SSSR count). The van der Waals surface area contributed by atoms with E-state index in [9.17, 15) is 9.90 Å². The van der Waals surface area contributed by atoms with Crippen molar-refractivity contribution in [2.75, 3.05) is 13.1 Å². The van der Waals surface area contributed by atoms with Crippen molar-refractivity contribution in [1.82, 2.24) is 30.1 Å². The van der Waals surface area contributed by atoms with E-state index < -0.39 is 5.60 Å². The van der Waals surface area contributed by atoms with Gasteiger partial charge in [-0.1, -0.05) is 18.2 Å². The second-order valence-corrected chi connectivity index (χ2v) is 6.26. The van der Waals surface area contributed by atoms with Crippen LogP contribution in [0.1, 0.15) is 17.7 Å². The van der Waals surface area contributed by atoms with Crippen LogP contribution in [0, 0.1) is 0 Å². The zero-order chi connectivity index (χ0) is 17.3. The van der Waals surface area contributed by atoms with E-state index in [-0.39, 0.29) is 18.9 Å². The van der Waals surface area contributed by atoms with Gasteiger partial charge < -0.3 is 10.0 Å². The number of likely N-dealkylation sites (tertiary alicyclic amines) is 1. The van der Waals surface area contributed by atoms with Crippen LogP contribution in [0.3, 0.4) is 0 Å². The van der Waals surface area contributed by atoms with Crippen LogP contribution in [-0.2, 0) is 16.8 Å². The van der Waals surface area contributed by atoms with Crippen LogP contribution in [0.15, 0.2) is 48.9 Å². The van der Waals surface area contributed by atoms with Gasteiger partial charge >= 0.3 is 0 Å². The lowest BCUT2D eigenvalue weighted by atomic mass is 10.00. The summed E-state index contributed by atoms with van der Waals surface area (Å²) in [6.45, 7) is 0.722. The Hall–Kier alpha value is -3.00. The van der Waals surface area contributed by atoms with Crippen LogP contribution >= 0.6 is 0 Å². The summed E-state index contributed by atoms with van der Waals surface area (Å²) in [5.41, 5.74) is 1.13. The fourth-order valence-electron chi connectivity index (χ4n) is 3.10. The van der Waals surface area contributed by atoms with Gasteiger partial charge in [-0.15, -0.1) is 0 Å². The molecular formula is C17H18N6O2. The Labute approximate surface area is 144 Å². The largest absolute Gasteiger partial charge is 0.381 e. The molecular weight excluding hydrogens is 320 g/mol. The smallest absolute Gasteiger partial charge is 0.227 e. The maximum Gasteiger partial charge on any atom is 0.227 e. The predicted molar refractivity (Wildman–Crippen MR) is 88.7 cm³/mol. The van der Waals surface area contributed by atoms with Crippen molar-refractivity contribution in [3.05, 3.63) is 60.2 Å². The number of amides is 1. The molecule has 1 fully saturated rings. The van der Waals surface area contributed by atoms with Crippen LogP contribution < -0.4 is 0 Å². The molecule has 2 N–H and O–H groups in total. The number of nitrogens with zero attached hydrogens (tertiary/aromatic N) is 5. The molecule has 1 saturated heterocycles. The minimum atomic E-state index is -1.13. The zero-order valence-corrected chi connectivity index (χ0v) is 13.5. The summed E-state index contributed by atoms with van der Waals surface area (Å²) in [6, 6.07) is 9.74. The first-order chi connectivity index (χ1) is 12.1. The number of H-pyrrole nitrogens is 1. The number of aromatic amines is 1. The lowest BCUT2D eigenvalue weighted by Crippen LogP contribution is -2.35. The number of para-hydroxylation sites is 1. The highest BCUT2D eigenvalue weighted by molar-refractivity contribution is 5.79. The van der Waals surface area contributed by atoms with Gasteiger partial charge in [0.05, 0.1) is 31.0 Å². The number of β-amino-alcohol motifs (C(OH)–C–C–N with tert-alkyl or cyclic N) is 1. The summed E-state index contributed by atoms with van der Waals surface area (Å²) in [7, 11) is 0. The first-order valence-corrected chi connectivity index (χ1v) is 8.09. The Morgan fingerprint density at radius 2 is 2.12 bits per heavy atom. The molecule has 1 aliphatic rings. The summed E-state index contributed by atoms with van der Waals surface area (Å²) >= 11 is 0. The van der Waals surface area contributed by atoms with Gasteiger partial charge in [0.2, 0.25) is 5.91 Å². The summed E-state index contributed by atoms with van der Waals surface area (Å²) in [5, 5.41) is 25.1. The van der Waals surface area contributed by atoms with E-state index in [1.807, 2.05) is 36.5 Å². The van der Waals surface area contributed by atoms with Crippen molar-refractivity contribution in [3.63, 3.8) is 0 Å².